The van der Waals surface area contributed by atoms with E-state index in [9.17, 15) is 0 Å². The Bertz CT molecular complexity index is 3320. The molecule has 7 aromatic carbocycles. The maximum Gasteiger partial charge on any atom is 0.187 e. The molecule has 7 heteroatoms. The van der Waals surface area contributed by atoms with E-state index in [1.807, 2.05) is 36.8 Å². The number of nitrogens with zero attached hydrogens (tertiary/aromatic N) is 4. The van der Waals surface area contributed by atoms with Crippen LogP contribution in [0.1, 0.15) is 0 Å². The van der Waals surface area contributed by atoms with Gasteiger partial charge in [0, 0.05) is 50.9 Å². The molecule has 0 N–H and O–H groups in total. The molecule has 57 heavy (non-hydrogen) atoms. The van der Waals surface area contributed by atoms with E-state index in [-0.39, 0.29) is 0 Å². The van der Waals surface area contributed by atoms with Crippen molar-refractivity contribution in [2.24, 2.45) is 0 Å². The SMILES string of the molecule is c1ccc([Si]2(c3ccccc3)c3ccccc3N(c3cccc(Oc4ccc5c6ccccc6n6ccnc6c5c4)c3)c3ncc4oc5ccccc5c4c32)cc1. The highest BCUT2D eigenvalue weighted by Crippen LogP contribution is 2.42. The van der Waals surface area contributed by atoms with E-state index in [1.165, 1.54) is 26.1 Å². The molecule has 5 heterocycles. The van der Waals surface area contributed by atoms with Gasteiger partial charge in [0.15, 0.2) is 13.7 Å². The van der Waals surface area contributed by atoms with Crippen molar-refractivity contribution in [1.82, 2.24) is 14.4 Å². The fourth-order valence-corrected chi connectivity index (χ4v) is 14.6. The van der Waals surface area contributed by atoms with Gasteiger partial charge in [-0.15, -0.1) is 0 Å². The summed E-state index contributed by atoms with van der Waals surface area (Å²) in [5.41, 5.74) is 5.71. The van der Waals surface area contributed by atoms with Crippen LogP contribution < -0.4 is 30.4 Å². The van der Waals surface area contributed by atoms with Crippen molar-refractivity contribution in [3.63, 3.8) is 0 Å². The van der Waals surface area contributed by atoms with Gasteiger partial charge in [-0.05, 0) is 69.5 Å². The van der Waals surface area contributed by atoms with Crippen LogP contribution in [0.5, 0.6) is 11.5 Å². The summed E-state index contributed by atoms with van der Waals surface area (Å²) in [6.45, 7) is 0. The molecular formula is C50H32N4O2Si. The van der Waals surface area contributed by atoms with Crippen LogP contribution in [-0.2, 0) is 0 Å². The fraction of sp³-hybridized carbons (Fsp3) is 0. The van der Waals surface area contributed by atoms with E-state index in [1.54, 1.807) is 0 Å². The lowest BCUT2D eigenvalue weighted by Crippen LogP contribution is -2.77. The predicted octanol–water partition coefficient (Wildman–Crippen LogP) is 9.89. The number of imidazole rings is 1. The second-order valence-electron chi connectivity index (χ2n) is 14.6. The number of rotatable bonds is 5. The number of fused-ring (bicyclic) bond motifs is 12. The van der Waals surface area contributed by atoms with Crippen LogP contribution >= 0.6 is 0 Å². The molecule has 4 aromatic heterocycles. The quantitative estimate of drug-likeness (QED) is 0.130. The van der Waals surface area contributed by atoms with Gasteiger partial charge in [-0.1, -0.05) is 121 Å². The zero-order valence-electron chi connectivity index (χ0n) is 30.6. The first-order valence-electron chi connectivity index (χ1n) is 19.1. The van der Waals surface area contributed by atoms with Crippen LogP contribution in [0.15, 0.2) is 199 Å². The van der Waals surface area contributed by atoms with E-state index in [0.29, 0.717) is 0 Å². The van der Waals surface area contributed by atoms with Crippen molar-refractivity contribution in [2.45, 2.75) is 0 Å². The summed E-state index contributed by atoms with van der Waals surface area (Å²) >= 11 is 0. The van der Waals surface area contributed by atoms with E-state index < -0.39 is 8.07 Å². The van der Waals surface area contributed by atoms with Gasteiger partial charge < -0.3 is 9.15 Å². The molecule has 0 spiro atoms. The summed E-state index contributed by atoms with van der Waals surface area (Å²) in [6, 6.07) is 62.4. The number of furan rings is 1. The maximum absolute atomic E-state index is 6.74. The van der Waals surface area contributed by atoms with Crippen LogP contribution in [0.4, 0.5) is 17.2 Å². The normalized spacial score (nSPS) is 13.4. The molecule has 268 valence electrons. The average Bonchev–Trinajstić information content (AvgIpc) is 3.93. The first-order chi connectivity index (χ1) is 28.3. The second-order valence-corrected chi connectivity index (χ2v) is 18.3. The zero-order valence-corrected chi connectivity index (χ0v) is 31.6. The molecule has 0 fully saturated rings. The van der Waals surface area contributed by atoms with Gasteiger partial charge in [0.25, 0.3) is 0 Å². The molecule has 12 rings (SSSR count). The van der Waals surface area contributed by atoms with Crippen LogP contribution in [0.2, 0.25) is 0 Å². The Morgan fingerprint density at radius 2 is 1.26 bits per heavy atom. The highest BCUT2D eigenvalue weighted by atomic mass is 28.3. The standard InChI is InChI=1S/C50H32N4O2Si/c1-3-16-36(17-4-1)57(37-18-5-2-6-19-37)46-25-12-10-23-43(46)54(50-48(57)47-40-21-8-11-24-44(40)56-45(47)32-52-50)33-14-13-15-34(30-33)55-35-26-27-38-39-20-7-9-22-42(39)53-29-28-51-49(53)41(38)31-35/h1-32H. The van der Waals surface area contributed by atoms with Gasteiger partial charge >= 0.3 is 0 Å². The van der Waals surface area contributed by atoms with E-state index >= 15 is 0 Å². The van der Waals surface area contributed by atoms with Crippen molar-refractivity contribution in [3.8, 4) is 11.5 Å². The largest absolute Gasteiger partial charge is 0.457 e. The minimum atomic E-state index is -3.04. The van der Waals surface area contributed by atoms with Crippen molar-refractivity contribution >= 4 is 95.3 Å². The number of anilines is 3. The minimum Gasteiger partial charge on any atom is -0.457 e. The third kappa shape index (κ3) is 4.57. The second kappa shape index (κ2) is 12.3. The summed E-state index contributed by atoms with van der Waals surface area (Å²) in [5.74, 6) is 2.35. The first kappa shape index (κ1) is 31.8. The molecule has 0 saturated carbocycles. The molecule has 6 nitrogen and oxygen atoms in total. The minimum absolute atomic E-state index is 0.723. The molecule has 0 aliphatic carbocycles. The Morgan fingerprint density at radius 1 is 0.544 bits per heavy atom. The molecule has 0 amide bonds. The smallest absolute Gasteiger partial charge is 0.187 e. The summed E-state index contributed by atoms with van der Waals surface area (Å²) in [7, 11) is -3.04. The Hall–Kier alpha value is -7.48. The van der Waals surface area contributed by atoms with Crippen LogP contribution in [0, 0.1) is 0 Å². The Morgan fingerprint density at radius 3 is 2.11 bits per heavy atom. The molecular weight excluding hydrogens is 717 g/mol. The maximum atomic E-state index is 6.74. The lowest BCUT2D eigenvalue weighted by Gasteiger charge is -2.44. The van der Waals surface area contributed by atoms with Crippen molar-refractivity contribution < 1.29 is 9.15 Å². The summed E-state index contributed by atoms with van der Waals surface area (Å²) in [5, 5.41) is 10.6. The lowest BCUT2D eigenvalue weighted by molar-refractivity contribution is 0.483. The highest BCUT2D eigenvalue weighted by Gasteiger charge is 2.51. The van der Waals surface area contributed by atoms with E-state index in [0.717, 1.165) is 72.6 Å². The number of ether oxygens (including phenoxy) is 1. The Labute approximate surface area is 328 Å². The molecule has 1 aliphatic heterocycles. The van der Waals surface area contributed by atoms with Crippen molar-refractivity contribution in [3.05, 3.63) is 195 Å². The molecule has 11 aromatic rings. The Balaban J connectivity index is 1.09. The van der Waals surface area contributed by atoms with Crippen molar-refractivity contribution in [2.75, 3.05) is 4.90 Å². The van der Waals surface area contributed by atoms with Crippen LogP contribution in [0.25, 0.3) is 49.3 Å². The van der Waals surface area contributed by atoms with Crippen molar-refractivity contribution in [1.29, 1.82) is 0 Å². The molecule has 0 unspecified atom stereocenters. The predicted molar refractivity (Wildman–Crippen MR) is 234 cm³/mol. The summed E-state index contributed by atoms with van der Waals surface area (Å²) in [4.78, 5) is 12.4. The number of hydrogen-bond donors (Lipinski definition) is 0. The Kier molecular flexibility index (Phi) is 6.85. The van der Waals surface area contributed by atoms with Gasteiger partial charge in [0.05, 0.1) is 17.4 Å². The lowest BCUT2D eigenvalue weighted by atomic mass is 10.1. The topological polar surface area (TPSA) is 55.8 Å². The first-order valence-corrected chi connectivity index (χ1v) is 21.1. The zero-order chi connectivity index (χ0) is 37.5. The number of para-hydroxylation sites is 3. The number of pyridine rings is 2. The molecule has 0 radical (unpaired) electrons. The van der Waals surface area contributed by atoms with Crippen LogP contribution in [0.3, 0.4) is 0 Å². The van der Waals surface area contributed by atoms with E-state index in [4.69, 9.17) is 19.1 Å². The average molecular weight is 749 g/mol. The molecule has 0 bridgehead atoms. The summed E-state index contributed by atoms with van der Waals surface area (Å²) in [6.07, 6.45) is 5.78. The third-order valence-corrected chi connectivity index (χ3v) is 16.4. The van der Waals surface area contributed by atoms with Gasteiger partial charge in [0.2, 0.25) is 0 Å². The molecule has 0 saturated heterocycles. The third-order valence-electron chi connectivity index (χ3n) is 11.6. The highest BCUT2D eigenvalue weighted by molar-refractivity contribution is 7.22. The molecule has 0 atom stereocenters. The fourth-order valence-electron chi connectivity index (χ4n) is 9.31. The van der Waals surface area contributed by atoms with Gasteiger partial charge in [0.1, 0.15) is 28.5 Å². The molecule has 1 aliphatic rings. The van der Waals surface area contributed by atoms with Crippen LogP contribution in [-0.4, -0.2) is 22.4 Å². The number of hydrogen-bond acceptors (Lipinski definition) is 5. The number of aromatic nitrogens is 3. The van der Waals surface area contributed by atoms with E-state index in [2.05, 4.69) is 167 Å². The monoisotopic (exact) mass is 748 g/mol. The van der Waals surface area contributed by atoms with Gasteiger partial charge in [-0.2, -0.15) is 0 Å². The summed E-state index contributed by atoms with van der Waals surface area (Å²) < 4.78 is 15.5. The number of benzene rings is 7. The van der Waals surface area contributed by atoms with Gasteiger partial charge in [-0.25, -0.2) is 9.97 Å². The van der Waals surface area contributed by atoms with Gasteiger partial charge in [-0.3, -0.25) is 9.30 Å².